The molecule has 0 saturated carbocycles. The second-order valence-corrected chi connectivity index (χ2v) is 4.20. The molecule has 0 amide bonds. The summed E-state index contributed by atoms with van der Waals surface area (Å²) in [5, 5.41) is 1.77. The Morgan fingerprint density at radius 3 is 2.92 bits per heavy atom. The van der Waals surface area contributed by atoms with Crippen molar-refractivity contribution in [3.8, 4) is 0 Å². The first kappa shape index (κ1) is 8.97. The van der Waals surface area contributed by atoms with Crippen LogP contribution in [0.15, 0.2) is 28.9 Å². The molecule has 0 unspecified atom stereocenters. The first-order chi connectivity index (χ1) is 6.18. The number of pyridine rings is 1. The normalized spacial score (nSPS) is 10.7. The van der Waals surface area contributed by atoms with E-state index >= 15 is 0 Å². The number of hydrogen-bond donors (Lipinski definition) is 0. The van der Waals surface area contributed by atoms with Crippen molar-refractivity contribution in [1.82, 2.24) is 4.98 Å². The van der Waals surface area contributed by atoms with E-state index < -0.39 is 0 Å². The number of fused-ring (bicyclic) bond motifs is 1. The molecule has 0 atom stereocenters. The highest BCUT2D eigenvalue weighted by molar-refractivity contribution is 9.10. The maximum atomic E-state index is 6.05. The van der Waals surface area contributed by atoms with E-state index in [-0.39, 0.29) is 0 Å². The third-order valence-corrected chi connectivity index (χ3v) is 2.87. The van der Waals surface area contributed by atoms with Gasteiger partial charge in [-0.2, -0.15) is 0 Å². The van der Waals surface area contributed by atoms with Crippen molar-refractivity contribution in [3.63, 3.8) is 0 Å². The van der Waals surface area contributed by atoms with E-state index in [0.717, 1.165) is 20.9 Å². The molecule has 1 aromatic carbocycles. The van der Waals surface area contributed by atoms with Crippen LogP contribution < -0.4 is 0 Å². The summed E-state index contributed by atoms with van der Waals surface area (Å²) in [5.41, 5.74) is 1.99. The predicted molar refractivity (Wildman–Crippen MR) is 59.2 cm³/mol. The van der Waals surface area contributed by atoms with Crippen LogP contribution in [-0.2, 0) is 0 Å². The molecule has 1 nitrogen and oxygen atoms in total. The highest BCUT2D eigenvalue weighted by Crippen LogP contribution is 2.28. The molecule has 1 aromatic heterocycles. The Kier molecular flexibility index (Phi) is 2.26. The van der Waals surface area contributed by atoms with Crippen molar-refractivity contribution in [1.29, 1.82) is 0 Å². The third-order valence-electron chi connectivity index (χ3n) is 1.89. The maximum Gasteiger partial charge on any atom is 0.0899 e. The van der Waals surface area contributed by atoms with Gasteiger partial charge < -0.3 is 0 Å². The average Bonchev–Trinajstić information content (AvgIpc) is 2.07. The lowest BCUT2D eigenvalue weighted by atomic mass is 10.1. The van der Waals surface area contributed by atoms with E-state index in [0.29, 0.717) is 5.02 Å². The van der Waals surface area contributed by atoms with Gasteiger partial charge in [-0.3, -0.25) is 4.98 Å². The number of benzene rings is 1. The van der Waals surface area contributed by atoms with E-state index in [9.17, 15) is 0 Å². The second kappa shape index (κ2) is 3.28. The number of rotatable bonds is 0. The summed E-state index contributed by atoms with van der Waals surface area (Å²) in [6.07, 6.45) is 1.74. The minimum absolute atomic E-state index is 0.705. The van der Waals surface area contributed by atoms with Gasteiger partial charge >= 0.3 is 0 Å². The van der Waals surface area contributed by atoms with E-state index in [1.807, 2.05) is 19.1 Å². The number of halogens is 2. The quantitative estimate of drug-likeness (QED) is 0.695. The Labute approximate surface area is 89.9 Å². The van der Waals surface area contributed by atoms with Crippen LogP contribution >= 0.6 is 27.5 Å². The molecule has 13 heavy (non-hydrogen) atoms. The first-order valence-electron chi connectivity index (χ1n) is 3.89. The van der Waals surface area contributed by atoms with Gasteiger partial charge in [0.05, 0.1) is 10.5 Å². The summed E-state index contributed by atoms with van der Waals surface area (Å²) in [7, 11) is 0. The standard InChI is InChI=1S/C10H7BrClN/c1-6-4-7-8(11)2-3-13-10(7)9(12)5-6/h2-5H,1H3. The number of aryl methyl sites for hydroxylation is 1. The Hall–Kier alpha value is -0.600. The van der Waals surface area contributed by atoms with Gasteiger partial charge in [0.25, 0.3) is 0 Å². The molecule has 2 aromatic rings. The zero-order valence-electron chi connectivity index (χ0n) is 7.01. The second-order valence-electron chi connectivity index (χ2n) is 2.94. The Morgan fingerprint density at radius 2 is 2.15 bits per heavy atom. The molecule has 0 saturated heterocycles. The van der Waals surface area contributed by atoms with Crippen LogP contribution in [0.2, 0.25) is 5.02 Å². The van der Waals surface area contributed by atoms with Crippen LogP contribution in [0.1, 0.15) is 5.56 Å². The lowest BCUT2D eigenvalue weighted by Gasteiger charge is -2.02. The molecule has 3 heteroatoms. The van der Waals surface area contributed by atoms with Crippen molar-refractivity contribution in [2.45, 2.75) is 6.92 Å². The summed E-state index contributed by atoms with van der Waals surface area (Å²) in [6, 6.07) is 5.90. The third kappa shape index (κ3) is 1.56. The fourth-order valence-corrected chi connectivity index (χ4v) is 2.06. The van der Waals surface area contributed by atoms with Crippen LogP contribution in [0, 0.1) is 6.92 Å². The molecule has 0 aliphatic carbocycles. The van der Waals surface area contributed by atoms with Crippen molar-refractivity contribution >= 4 is 38.4 Å². The van der Waals surface area contributed by atoms with Gasteiger partial charge in [-0.05, 0) is 30.7 Å². The molecule has 0 aliphatic rings. The smallest absolute Gasteiger partial charge is 0.0899 e. The molecule has 0 fully saturated rings. The van der Waals surface area contributed by atoms with Crippen LogP contribution in [0.3, 0.4) is 0 Å². The van der Waals surface area contributed by atoms with Gasteiger partial charge in [0.1, 0.15) is 0 Å². The summed E-state index contributed by atoms with van der Waals surface area (Å²) < 4.78 is 1.03. The van der Waals surface area contributed by atoms with E-state index in [2.05, 4.69) is 27.0 Å². The minimum atomic E-state index is 0.705. The Balaban J connectivity index is 2.94. The van der Waals surface area contributed by atoms with Crippen LogP contribution in [0.5, 0.6) is 0 Å². The van der Waals surface area contributed by atoms with Gasteiger partial charge in [-0.25, -0.2) is 0 Å². The molecule has 66 valence electrons. The van der Waals surface area contributed by atoms with E-state index in [4.69, 9.17) is 11.6 Å². The molecule has 2 rings (SSSR count). The fourth-order valence-electron chi connectivity index (χ4n) is 1.31. The summed E-state index contributed by atoms with van der Waals surface area (Å²) in [6.45, 7) is 2.02. The SMILES string of the molecule is Cc1cc(Cl)c2nccc(Br)c2c1. The molecule has 0 aliphatic heterocycles. The summed E-state index contributed by atoms with van der Waals surface area (Å²) in [5.74, 6) is 0. The maximum absolute atomic E-state index is 6.05. The molecule has 0 radical (unpaired) electrons. The zero-order valence-corrected chi connectivity index (χ0v) is 9.35. The molecular weight excluding hydrogens is 249 g/mol. The highest BCUT2D eigenvalue weighted by Gasteiger charge is 2.03. The van der Waals surface area contributed by atoms with Gasteiger partial charge in [-0.1, -0.05) is 27.5 Å². The number of aromatic nitrogens is 1. The fraction of sp³-hybridized carbons (Fsp3) is 0.100. The minimum Gasteiger partial charge on any atom is -0.255 e. The van der Waals surface area contributed by atoms with Crippen LogP contribution in [0.4, 0.5) is 0 Å². The van der Waals surface area contributed by atoms with Gasteiger partial charge in [0.2, 0.25) is 0 Å². The van der Waals surface area contributed by atoms with Gasteiger partial charge in [0.15, 0.2) is 0 Å². The molecule has 0 spiro atoms. The highest BCUT2D eigenvalue weighted by atomic mass is 79.9. The average molecular weight is 257 g/mol. The summed E-state index contributed by atoms with van der Waals surface area (Å²) >= 11 is 9.52. The largest absolute Gasteiger partial charge is 0.255 e. The first-order valence-corrected chi connectivity index (χ1v) is 5.06. The molecule has 0 N–H and O–H groups in total. The van der Waals surface area contributed by atoms with Crippen molar-refractivity contribution in [2.75, 3.05) is 0 Å². The Bertz CT molecular complexity index is 468. The van der Waals surface area contributed by atoms with E-state index in [1.54, 1.807) is 6.20 Å². The lowest BCUT2D eigenvalue weighted by Crippen LogP contribution is -1.82. The molecular formula is C10H7BrClN. The monoisotopic (exact) mass is 255 g/mol. The lowest BCUT2D eigenvalue weighted by molar-refractivity contribution is 1.38. The van der Waals surface area contributed by atoms with Crippen LogP contribution in [0.25, 0.3) is 10.9 Å². The Morgan fingerprint density at radius 1 is 1.38 bits per heavy atom. The summed E-state index contributed by atoms with van der Waals surface area (Å²) in [4.78, 5) is 4.22. The van der Waals surface area contributed by atoms with Crippen molar-refractivity contribution in [2.24, 2.45) is 0 Å². The van der Waals surface area contributed by atoms with Crippen molar-refractivity contribution < 1.29 is 0 Å². The predicted octanol–water partition coefficient (Wildman–Crippen LogP) is 3.96. The van der Waals surface area contributed by atoms with Crippen LogP contribution in [-0.4, -0.2) is 4.98 Å². The van der Waals surface area contributed by atoms with Gasteiger partial charge in [0, 0.05) is 16.1 Å². The molecule has 1 heterocycles. The molecule has 0 bridgehead atoms. The van der Waals surface area contributed by atoms with Crippen molar-refractivity contribution in [3.05, 3.63) is 39.5 Å². The topological polar surface area (TPSA) is 12.9 Å². The number of hydrogen-bond acceptors (Lipinski definition) is 1. The zero-order chi connectivity index (χ0) is 9.42. The van der Waals surface area contributed by atoms with E-state index in [1.165, 1.54) is 0 Å². The number of nitrogens with zero attached hydrogens (tertiary/aromatic N) is 1. The van der Waals surface area contributed by atoms with Gasteiger partial charge in [-0.15, -0.1) is 0 Å².